The Bertz CT molecular complexity index is 1420. The largest absolute Gasteiger partial charge is 0.494 e. The van der Waals surface area contributed by atoms with Gasteiger partial charge in [-0.1, -0.05) is 60.7 Å². The zero-order chi connectivity index (χ0) is 28.2. The van der Waals surface area contributed by atoms with Crippen molar-refractivity contribution in [3.8, 4) is 11.5 Å². The Kier molecular flexibility index (Phi) is 10.4. The predicted octanol–water partition coefficient (Wildman–Crippen LogP) is 6.93. The lowest BCUT2D eigenvalue weighted by Crippen LogP contribution is -2.07. The van der Waals surface area contributed by atoms with Crippen LogP contribution in [0.3, 0.4) is 0 Å². The molecule has 4 rings (SSSR count). The number of carboxylic acids is 2. The van der Waals surface area contributed by atoms with Gasteiger partial charge in [0.2, 0.25) is 0 Å². The number of fused-ring (bicyclic) bond motifs is 1. The number of aliphatic carboxylic acids is 2. The van der Waals surface area contributed by atoms with E-state index in [2.05, 4.69) is 0 Å². The number of hydrogen-bond donors (Lipinski definition) is 2. The molecule has 7 nitrogen and oxygen atoms in total. The number of para-hydroxylation sites is 2. The lowest BCUT2D eigenvalue weighted by atomic mass is 10.0. The number of rotatable bonds is 16. The first-order valence-electron chi connectivity index (χ1n) is 13.6. The number of unbranched alkanes of at least 4 members (excludes halogenated alkanes) is 2. The van der Waals surface area contributed by atoms with Crippen molar-refractivity contribution in [3.63, 3.8) is 0 Å². The molecule has 4 aromatic rings. The van der Waals surface area contributed by atoms with Crippen molar-refractivity contribution in [2.75, 3.05) is 13.2 Å². The molecule has 2 N–H and O–H groups in total. The Balaban J connectivity index is 1.35. The number of nitrogens with zero attached hydrogens (tertiary/aromatic N) is 1. The number of aromatic nitrogens is 1. The smallest absolute Gasteiger partial charge is 0.323 e. The zero-order valence-corrected chi connectivity index (χ0v) is 22.5. The lowest BCUT2D eigenvalue weighted by molar-refractivity contribution is -0.138. The van der Waals surface area contributed by atoms with E-state index in [0.717, 1.165) is 58.4 Å². The summed E-state index contributed by atoms with van der Waals surface area (Å²) in [5.74, 6) is -0.0183. The van der Waals surface area contributed by atoms with Gasteiger partial charge in [-0.3, -0.25) is 9.59 Å². The highest BCUT2D eigenvalue weighted by atomic mass is 16.5. The summed E-state index contributed by atoms with van der Waals surface area (Å²) in [6.07, 6.45) is 9.85. The van der Waals surface area contributed by atoms with Crippen LogP contribution in [0.2, 0.25) is 0 Å². The van der Waals surface area contributed by atoms with E-state index in [-0.39, 0.29) is 13.0 Å². The summed E-state index contributed by atoms with van der Waals surface area (Å²) in [6, 6.07) is 23.6. The predicted molar refractivity (Wildman–Crippen MR) is 157 cm³/mol. The van der Waals surface area contributed by atoms with Crippen LogP contribution in [0.15, 0.2) is 79.0 Å². The highest BCUT2D eigenvalue weighted by Crippen LogP contribution is 2.28. The van der Waals surface area contributed by atoms with Crippen LogP contribution in [0, 0.1) is 0 Å². The number of hydrogen-bond acceptors (Lipinski definition) is 4. The van der Waals surface area contributed by atoms with Gasteiger partial charge in [0.15, 0.2) is 0 Å². The van der Waals surface area contributed by atoms with Crippen LogP contribution in [0.4, 0.5) is 0 Å². The van der Waals surface area contributed by atoms with Crippen molar-refractivity contribution >= 4 is 35.0 Å². The molecule has 40 heavy (non-hydrogen) atoms. The molecule has 0 aliphatic heterocycles. The number of aryl methyl sites for hydroxylation is 1. The van der Waals surface area contributed by atoms with Crippen LogP contribution >= 0.6 is 0 Å². The highest BCUT2D eigenvalue weighted by molar-refractivity contribution is 5.94. The van der Waals surface area contributed by atoms with Crippen molar-refractivity contribution in [3.05, 3.63) is 95.7 Å². The first-order valence-corrected chi connectivity index (χ1v) is 13.6. The molecule has 7 heteroatoms. The minimum Gasteiger partial charge on any atom is -0.494 e. The molecule has 0 bridgehead atoms. The summed E-state index contributed by atoms with van der Waals surface area (Å²) in [4.78, 5) is 22.4. The van der Waals surface area contributed by atoms with Gasteiger partial charge in [-0.15, -0.1) is 0 Å². The molecule has 0 spiro atoms. The maximum absolute atomic E-state index is 11.5. The fourth-order valence-corrected chi connectivity index (χ4v) is 4.62. The highest BCUT2D eigenvalue weighted by Gasteiger charge is 2.13. The Morgan fingerprint density at radius 2 is 1.43 bits per heavy atom. The molecule has 1 aromatic heterocycles. The summed E-state index contributed by atoms with van der Waals surface area (Å²) in [5.41, 5.74) is 3.83. The summed E-state index contributed by atoms with van der Waals surface area (Å²) >= 11 is 0. The van der Waals surface area contributed by atoms with Crippen LogP contribution in [0.1, 0.15) is 48.8 Å². The summed E-state index contributed by atoms with van der Waals surface area (Å²) in [7, 11) is 0. The minimum absolute atomic E-state index is 0.134. The van der Waals surface area contributed by atoms with Crippen molar-refractivity contribution in [2.24, 2.45) is 0 Å². The summed E-state index contributed by atoms with van der Waals surface area (Å²) in [6.45, 7) is 1.14. The number of carbonyl (C=O) groups is 2. The summed E-state index contributed by atoms with van der Waals surface area (Å²) < 4.78 is 13.3. The Morgan fingerprint density at radius 3 is 2.10 bits per heavy atom. The van der Waals surface area contributed by atoms with E-state index < -0.39 is 11.9 Å². The quantitative estimate of drug-likeness (QED) is 0.118. The molecular formula is C33H35NO6. The first-order chi connectivity index (χ1) is 19.5. The van der Waals surface area contributed by atoms with E-state index in [1.165, 1.54) is 0 Å². The number of carboxylic acid groups (broad SMARTS) is 2. The maximum atomic E-state index is 11.5. The average Bonchev–Trinajstić information content (AvgIpc) is 3.30. The van der Waals surface area contributed by atoms with Crippen LogP contribution in [0.5, 0.6) is 11.5 Å². The molecule has 3 aromatic carbocycles. The van der Waals surface area contributed by atoms with Gasteiger partial charge in [-0.2, -0.15) is 0 Å². The standard InChI is InChI=1S/C33H35NO6/c35-31(36)14-5-4-9-27-23-34(24-32(37)38)33-26(10-8-13-30(27)33)18-15-25-16-19-29(20-17-25)40-22-7-6-21-39-28-11-2-1-3-12-28/h1-3,8,10-13,15-20,23H,4-7,9,14,21-22,24H2,(H,35,36)(H,37,38). The minimum atomic E-state index is -0.910. The third-order valence-electron chi connectivity index (χ3n) is 6.56. The lowest BCUT2D eigenvalue weighted by Gasteiger charge is -2.08. The Labute approximate surface area is 234 Å². The normalized spacial score (nSPS) is 11.2. The third-order valence-corrected chi connectivity index (χ3v) is 6.56. The van der Waals surface area contributed by atoms with Crippen molar-refractivity contribution in [1.82, 2.24) is 4.57 Å². The van der Waals surface area contributed by atoms with Gasteiger partial charge < -0.3 is 24.3 Å². The molecule has 0 saturated carbocycles. The summed E-state index contributed by atoms with van der Waals surface area (Å²) in [5, 5.41) is 19.4. The fourth-order valence-electron chi connectivity index (χ4n) is 4.62. The van der Waals surface area contributed by atoms with Gasteiger partial charge in [0.25, 0.3) is 0 Å². The number of ether oxygens (including phenoxy) is 2. The van der Waals surface area contributed by atoms with Gasteiger partial charge in [-0.05, 0) is 73.1 Å². The van der Waals surface area contributed by atoms with Crippen molar-refractivity contribution < 1.29 is 29.3 Å². The van der Waals surface area contributed by atoms with E-state index in [0.29, 0.717) is 26.1 Å². The molecule has 0 saturated heterocycles. The second-order valence-electron chi connectivity index (χ2n) is 9.64. The topological polar surface area (TPSA) is 98.0 Å². The van der Waals surface area contributed by atoms with Crippen LogP contribution in [-0.2, 0) is 22.6 Å². The molecule has 0 atom stereocenters. The Morgan fingerprint density at radius 1 is 0.725 bits per heavy atom. The van der Waals surface area contributed by atoms with Crippen molar-refractivity contribution in [2.45, 2.75) is 45.1 Å². The average molecular weight is 542 g/mol. The van der Waals surface area contributed by atoms with Gasteiger partial charge in [0.05, 0.1) is 18.7 Å². The van der Waals surface area contributed by atoms with E-state index in [4.69, 9.17) is 14.6 Å². The zero-order valence-electron chi connectivity index (χ0n) is 22.5. The monoisotopic (exact) mass is 541 g/mol. The van der Waals surface area contributed by atoms with Gasteiger partial charge in [0.1, 0.15) is 18.0 Å². The van der Waals surface area contributed by atoms with Crippen molar-refractivity contribution in [1.29, 1.82) is 0 Å². The van der Waals surface area contributed by atoms with Gasteiger partial charge in [0, 0.05) is 18.0 Å². The van der Waals surface area contributed by atoms with Crippen LogP contribution in [-0.4, -0.2) is 39.9 Å². The van der Waals surface area contributed by atoms with E-state index in [1.54, 1.807) is 4.57 Å². The van der Waals surface area contributed by atoms with Gasteiger partial charge in [-0.25, -0.2) is 0 Å². The second-order valence-corrected chi connectivity index (χ2v) is 9.64. The second kappa shape index (κ2) is 14.6. The molecule has 0 amide bonds. The van der Waals surface area contributed by atoms with E-state index >= 15 is 0 Å². The molecular weight excluding hydrogens is 506 g/mol. The molecule has 0 radical (unpaired) electrons. The Hall–Kier alpha value is -4.52. The molecule has 0 unspecified atom stereocenters. The SMILES string of the molecule is O=C(O)CCCCc1cn(CC(=O)O)c2c(C=Cc3ccc(OCCCCOc4ccccc4)cc3)cccc12. The van der Waals surface area contributed by atoms with E-state index in [1.807, 2.05) is 91.1 Å². The molecule has 0 aliphatic carbocycles. The molecule has 0 fully saturated rings. The molecule has 1 heterocycles. The van der Waals surface area contributed by atoms with Crippen LogP contribution < -0.4 is 9.47 Å². The third kappa shape index (κ3) is 8.50. The number of benzene rings is 3. The fraction of sp³-hybridized carbons (Fsp3) is 0.273. The molecule has 208 valence electrons. The van der Waals surface area contributed by atoms with Gasteiger partial charge >= 0.3 is 11.9 Å². The molecule has 0 aliphatic rings. The van der Waals surface area contributed by atoms with E-state index in [9.17, 15) is 14.7 Å². The first kappa shape index (κ1) is 28.5. The van der Waals surface area contributed by atoms with Crippen LogP contribution in [0.25, 0.3) is 23.1 Å². The maximum Gasteiger partial charge on any atom is 0.323 e.